The zero-order valence-corrected chi connectivity index (χ0v) is 16.0. The van der Waals surface area contributed by atoms with Gasteiger partial charge in [0.15, 0.2) is 0 Å². The summed E-state index contributed by atoms with van der Waals surface area (Å²) in [5.74, 6) is 0.0902. The zero-order chi connectivity index (χ0) is 17.7. The molecule has 0 aliphatic heterocycles. The van der Waals surface area contributed by atoms with Gasteiger partial charge in [0.1, 0.15) is 0 Å². The summed E-state index contributed by atoms with van der Waals surface area (Å²) < 4.78 is 0. The Balaban J connectivity index is 2.04. The Morgan fingerprint density at radius 1 is 1.04 bits per heavy atom. The number of benzene rings is 2. The number of carbonyl (C=O) groups excluding carboxylic acids is 1. The standard InChI is InChI=1S/C21H27NOS/c1-6-20(19-12-9-15(3)13-16(19)4)22-21(23)17(5)24-18-10-7-14(2)8-11-18/h7-13,17,20H,6H2,1-5H3,(H,22,23)/t17-,20+/m0/s1. The molecular weight excluding hydrogens is 314 g/mol. The second-order valence-corrected chi connectivity index (χ2v) is 7.82. The molecule has 2 aromatic rings. The molecule has 3 heteroatoms. The van der Waals surface area contributed by atoms with E-state index in [1.165, 1.54) is 22.3 Å². The van der Waals surface area contributed by atoms with Gasteiger partial charge >= 0.3 is 0 Å². The fourth-order valence-corrected chi connectivity index (χ4v) is 3.66. The molecule has 0 spiro atoms. The molecule has 0 saturated heterocycles. The molecule has 1 amide bonds. The Morgan fingerprint density at radius 2 is 1.67 bits per heavy atom. The maximum Gasteiger partial charge on any atom is 0.233 e. The number of hydrogen-bond acceptors (Lipinski definition) is 2. The van der Waals surface area contributed by atoms with Gasteiger partial charge in [0.25, 0.3) is 0 Å². The van der Waals surface area contributed by atoms with Crippen molar-refractivity contribution < 1.29 is 4.79 Å². The summed E-state index contributed by atoms with van der Waals surface area (Å²) >= 11 is 1.60. The second kappa shape index (κ2) is 8.39. The summed E-state index contributed by atoms with van der Waals surface area (Å²) in [7, 11) is 0. The lowest BCUT2D eigenvalue weighted by molar-refractivity contribution is -0.121. The van der Waals surface area contributed by atoms with Crippen LogP contribution in [0.3, 0.4) is 0 Å². The van der Waals surface area contributed by atoms with Crippen molar-refractivity contribution in [2.24, 2.45) is 0 Å². The predicted octanol–water partition coefficient (Wildman–Crippen LogP) is 5.36. The molecule has 1 N–H and O–H groups in total. The van der Waals surface area contributed by atoms with E-state index >= 15 is 0 Å². The first-order valence-corrected chi connectivity index (χ1v) is 9.39. The van der Waals surface area contributed by atoms with Crippen molar-refractivity contribution >= 4 is 17.7 Å². The van der Waals surface area contributed by atoms with Crippen LogP contribution in [-0.4, -0.2) is 11.2 Å². The molecule has 2 rings (SSSR count). The summed E-state index contributed by atoms with van der Waals surface area (Å²) in [4.78, 5) is 13.7. The van der Waals surface area contributed by atoms with Crippen LogP contribution in [0.15, 0.2) is 47.4 Å². The molecule has 2 aromatic carbocycles. The SMILES string of the molecule is CC[C@@H](NC(=O)[C@H](C)Sc1ccc(C)cc1)c1ccc(C)cc1C. The number of hydrogen-bond donors (Lipinski definition) is 1. The first kappa shape index (κ1) is 18.6. The van der Waals surface area contributed by atoms with Gasteiger partial charge in [-0.2, -0.15) is 0 Å². The molecule has 0 fully saturated rings. The van der Waals surface area contributed by atoms with Gasteiger partial charge in [-0.05, 0) is 57.4 Å². The first-order valence-electron chi connectivity index (χ1n) is 8.51. The lowest BCUT2D eigenvalue weighted by atomic mass is 9.97. The van der Waals surface area contributed by atoms with E-state index in [2.05, 4.69) is 75.5 Å². The van der Waals surface area contributed by atoms with Gasteiger partial charge in [-0.25, -0.2) is 0 Å². The first-order chi connectivity index (χ1) is 11.4. The van der Waals surface area contributed by atoms with Gasteiger partial charge in [0.05, 0.1) is 11.3 Å². The Hall–Kier alpha value is -1.74. The number of amides is 1. The molecule has 0 aliphatic carbocycles. The van der Waals surface area contributed by atoms with E-state index in [4.69, 9.17) is 0 Å². The third-order valence-electron chi connectivity index (χ3n) is 4.23. The van der Waals surface area contributed by atoms with Crippen molar-refractivity contribution in [3.05, 3.63) is 64.7 Å². The zero-order valence-electron chi connectivity index (χ0n) is 15.2. The highest BCUT2D eigenvalue weighted by Crippen LogP contribution is 2.26. The van der Waals surface area contributed by atoms with Gasteiger partial charge in [-0.3, -0.25) is 4.79 Å². The smallest absolute Gasteiger partial charge is 0.233 e. The molecule has 128 valence electrons. The summed E-state index contributed by atoms with van der Waals surface area (Å²) in [5.41, 5.74) is 4.93. The maximum absolute atomic E-state index is 12.6. The number of aryl methyl sites for hydroxylation is 3. The lowest BCUT2D eigenvalue weighted by Crippen LogP contribution is -2.34. The Morgan fingerprint density at radius 3 is 2.25 bits per heavy atom. The van der Waals surface area contributed by atoms with Crippen LogP contribution in [0.2, 0.25) is 0 Å². The third-order valence-corrected chi connectivity index (χ3v) is 5.34. The fourth-order valence-electron chi connectivity index (χ4n) is 2.78. The van der Waals surface area contributed by atoms with Crippen LogP contribution >= 0.6 is 11.8 Å². The minimum Gasteiger partial charge on any atom is -0.348 e. The normalized spacial score (nSPS) is 13.4. The van der Waals surface area contributed by atoms with Gasteiger partial charge in [0, 0.05) is 4.90 Å². The van der Waals surface area contributed by atoms with Crippen molar-refractivity contribution in [1.29, 1.82) is 0 Å². The predicted molar refractivity (Wildman–Crippen MR) is 104 cm³/mol. The highest BCUT2D eigenvalue weighted by Gasteiger charge is 2.20. The van der Waals surface area contributed by atoms with Crippen LogP contribution in [0.5, 0.6) is 0 Å². The van der Waals surface area contributed by atoms with E-state index in [0.717, 1.165) is 11.3 Å². The summed E-state index contributed by atoms with van der Waals surface area (Å²) in [5, 5.41) is 3.10. The van der Waals surface area contributed by atoms with E-state index < -0.39 is 0 Å². The summed E-state index contributed by atoms with van der Waals surface area (Å²) in [6, 6.07) is 14.8. The summed E-state index contributed by atoms with van der Waals surface area (Å²) in [6.07, 6.45) is 0.886. The molecule has 2 atom stereocenters. The van der Waals surface area contributed by atoms with Gasteiger partial charge in [0.2, 0.25) is 5.91 Å². The molecule has 0 saturated carbocycles. The Kier molecular flexibility index (Phi) is 6.50. The lowest BCUT2D eigenvalue weighted by Gasteiger charge is -2.22. The van der Waals surface area contributed by atoms with E-state index in [1.54, 1.807) is 11.8 Å². The monoisotopic (exact) mass is 341 g/mol. The third kappa shape index (κ3) is 4.88. The quantitative estimate of drug-likeness (QED) is 0.717. The van der Waals surface area contributed by atoms with Crippen LogP contribution in [0, 0.1) is 20.8 Å². The van der Waals surface area contributed by atoms with Crippen LogP contribution in [0.4, 0.5) is 0 Å². The fraction of sp³-hybridized carbons (Fsp3) is 0.381. The van der Waals surface area contributed by atoms with E-state index in [1.807, 2.05) is 6.92 Å². The number of rotatable bonds is 6. The molecule has 0 unspecified atom stereocenters. The molecule has 0 aliphatic rings. The Labute approximate surface area is 150 Å². The molecule has 0 radical (unpaired) electrons. The molecule has 0 bridgehead atoms. The Bertz CT molecular complexity index is 693. The van der Waals surface area contributed by atoms with Crippen molar-refractivity contribution in [2.45, 2.75) is 57.2 Å². The average Bonchev–Trinajstić information content (AvgIpc) is 2.55. The van der Waals surface area contributed by atoms with E-state index in [9.17, 15) is 4.79 Å². The maximum atomic E-state index is 12.6. The molecular formula is C21H27NOS. The van der Waals surface area contributed by atoms with E-state index in [0.29, 0.717) is 0 Å². The van der Waals surface area contributed by atoms with Crippen molar-refractivity contribution in [3.8, 4) is 0 Å². The van der Waals surface area contributed by atoms with Gasteiger partial charge in [-0.15, -0.1) is 11.8 Å². The number of thioether (sulfide) groups is 1. The number of nitrogens with one attached hydrogen (secondary N) is 1. The molecule has 0 heterocycles. The molecule has 24 heavy (non-hydrogen) atoms. The van der Waals surface area contributed by atoms with Crippen LogP contribution in [-0.2, 0) is 4.79 Å². The van der Waals surface area contributed by atoms with Gasteiger partial charge < -0.3 is 5.32 Å². The van der Waals surface area contributed by atoms with Crippen LogP contribution in [0.25, 0.3) is 0 Å². The van der Waals surface area contributed by atoms with Crippen molar-refractivity contribution in [1.82, 2.24) is 5.32 Å². The highest BCUT2D eigenvalue weighted by molar-refractivity contribution is 8.00. The second-order valence-electron chi connectivity index (χ2n) is 6.40. The van der Waals surface area contributed by atoms with Crippen molar-refractivity contribution in [2.75, 3.05) is 0 Å². The minimum atomic E-state index is -0.118. The van der Waals surface area contributed by atoms with Gasteiger partial charge in [-0.1, -0.05) is 48.4 Å². The molecule has 0 aromatic heterocycles. The summed E-state index contributed by atoms with van der Waals surface area (Å²) in [6.45, 7) is 10.4. The van der Waals surface area contributed by atoms with Crippen LogP contribution < -0.4 is 5.32 Å². The highest BCUT2D eigenvalue weighted by atomic mass is 32.2. The minimum absolute atomic E-state index is 0.0687. The topological polar surface area (TPSA) is 29.1 Å². The van der Waals surface area contributed by atoms with Crippen molar-refractivity contribution in [3.63, 3.8) is 0 Å². The average molecular weight is 342 g/mol. The largest absolute Gasteiger partial charge is 0.348 e. The van der Waals surface area contributed by atoms with Crippen LogP contribution in [0.1, 0.15) is 48.6 Å². The van der Waals surface area contributed by atoms with E-state index in [-0.39, 0.29) is 17.2 Å². The molecule has 2 nitrogen and oxygen atoms in total. The number of carbonyl (C=O) groups is 1.